The number of carbonyl (C=O) groups is 1. The Labute approximate surface area is 108 Å². The molecule has 0 aliphatic carbocycles. The van der Waals surface area contributed by atoms with Crippen LogP contribution in [0.5, 0.6) is 0 Å². The van der Waals surface area contributed by atoms with Crippen molar-refractivity contribution in [1.82, 2.24) is 9.55 Å². The fourth-order valence-corrected chi connectivity index (χ4v) is 1.83. The van der Waals surface area contributed by atoms with Gasteiger partial charge in [0.15, 0.2) is 0 Å². The minimum absolute atomic E-state index is 0.168. The number of hydrogen-bond donors (Lipinski definition) is 1. The number of anilines is 1. The molecule has 1 aromatic heterocycles. The van der Waals surface area contributed by atoms with Crippen LogP contribution < -0.4 is 5.32 Å². The summed E-state index contributed by atoms with van der Waals surface area (Å²) in [6.45, 7) is 0.168. The number of benzene rings is 1. The summed E-state index contributed by atoms with van der Waals surface area (Å²) in [7, 11) is 0. The molecule has 0 aliphatic heterocycles. The van der Waals surface area contributed by atoms with Crippen LogP contribution in [0.15, 0.2) is 36.9 Å². The topological polar surface area (TPSA) is 46.9 Å². The number of carbonyl (C=O) groups excluding carboxylic acids is 1. The van der Waals surface area contributed by atoms with Crippen LogP contribution in [-0.2, 0) is 11.3 Å². The summed E-state index contributed by atoms with van der Waals surface area (Å²) >= 11 is 11.9. The van der Waals surface area contributed by atoms with Gasteiger partial charge in [-0.05, 0) is 12.1 Å². The van der Waals surface area contributed by atoms with Gasteiger partial charge in [-0.1, -0.05) is 29.3 Å². The van der Waals surface area contributed by atoms with Gasteiger partial charge in [0.2, 0.25) is 5.91 Å². The van der Waals surface area contributed by atoms with Crippen LogP contribution in [0.3, 0.4) is 0 Å². The first-order chi connectivity index (χ1) is 8.16. The van der Waals surface area contributed by atoms with Gasteiger partial charge in [0, 0.05) is 12.4 Å². The fourth-order valence-electron chi connectivity index (χ4n) is 1.34. The first-order valence-corrected chi connectivity index (χ1v) is 5.62. The third-order valence-electron chi connectivity index (χ3n) is 2.11. The lowest BCUT2D eigenvalue weighted by molar-refractivity contribution is -0.116. The molecule has 88 valence electrons. The molecule has 17 heavy (non-hydrogen) atoms. The van der Waals surface area contributed by atoms with Gasteiger partial charge in [-0.25, -0.2) is 4.98 Å². The summed E-state index contributed by atoms with van der Waals surface area (Å²) in [5.74, 6) is -0.210. The molecule has 1 amide bonds. The molecule has 4 nitrogen and oxygen atoms in total. The van der Waals surface area contributed by atoms with Crippen molar-refractivity contribution in [3.05, 3.63) is 47.0 Å². The van der Waals surface area contributed by atoms with Crippen molar-refractivity contribution < 1.29 is 4.79 Å². The molecule has 2 aromatic rings. The Morgan fingerprint density at radius 1 is 1.35 bits per heavy atom. The first kappa shape index (κ1) is 12.0. The standard InChI is InChI=1S/C11H9Cl2N3O/c12-8-2-1-3-9(13)11(8)15-10(17)6-16-5-4-14-7-16/h1-5,7H,6H2,(H,15,17). The van der Waals surface area contributed by atoms with E-state index >= 15 is 0 Å². The van der Waals surface area contributed by atoms with E-state index in [1.165, 1.54) is 0 Å². The van der Waals surface area contributed by atoms with Crippen molar-refractivity contribution in [3.63, 3.8) is 0 Å². The molecule has 6 heteroatoms. The maximum atomic E-state index is 11.7. The second-order valence-corrected chi connectivity index (χ2v) is 4.19. The summed E-state index contributed by atoms with van der Waals surface area (Å²) in [4.78, 5) is 15.6. The minimum Gasteiger partial charge on any atom is -0.328 e. The lowest BCUT2D eigenvalue weighted by atomic mass is 10.3. The van der Waals surface area contributed by atoms with Crippen LogP contribution >= 0.6 is 23.2 Å². The zero-order valence-corrected chi connectivity index (χ0v) is 10.2. The normalized spacial score (nSPS) is 10.2. The number of nitrogens with one attached hydrogen (secondary N) is 1. The van der Waals surface area contributed by atoms with E-state index in [4.69, 9.17) is 23.2 Å². The zero-order chi connectivity index (χ0) is 12.3. The van der Waals surface area contributed by atoms with E-state index in [1.54, 1.807) is 41.5 Å². The van der Waals surface area contributed by atoms with Crippen molar-refractivity contribution in [2.75, 3.05) is 5.32 Å². The molecule has 1 N–H and O–H groups in total. The predicted molar refractivity (Wildman–Crippen MR) is 67.3 cm³/mol. The van der Waals surface area contributed by atoms with Gasteiger partial charge in [0.05, 0.1) is 22.1 Å². The minimum atomic E-state index is -0.210. The van der Waals surface area contributed by atoms with Crippen LogP contribution in [0, 0.1) is 0 Å². The van der Waals surface area contributed by atoms with Crippen molar-refractivity contribution >= 4 is 34.8 Å². The van der Waals surface area contributed by atoms with Crippen molar-refractivity contribution in [2.45, 2.75) is 6.54 Å². The van der Waals surface area contributed by atoms with Gasteiger partial charge in [-0.15, -0.1) is 0 Å². The molecule has 0 saturated heterocycles. The van der Waals surface area contributed by atoms with E-state index in [0.717, 1.165) is 0 Å². The average Bonchev–Trinajstić information content (AvgIpc) is 2.76. The number of hydrogen-bond acceptors (Lipinski definition) is 2. The van der Waals surface area contributed by atoms with Gasteiger partial charge in [-0.3, -0.25) is 4.79 Å². The van der Waals surface area contributed by atoms with E-state index in [0.29, 0.717) is 15.7 Å². The van der Waals surface area contributed by atoms with Crippen molar-refractivity contribution in [3.8, 4) is 0 Å². The molecule has 1 heterocycles. The summed E-state index contributed by atoms with van der Waals surface area (Å²) < 4.78 is 1.65. The quantitative estimate of drug-likeness (QED) is 0.932. The second-order valence-electron chi connectivity index (χ2n) is 3.38. The third kappa shape index (κ3) is 2.99. The molecule has 2 rings (SSSR count). The Morgan fingerprint density at radius 2 is 2.06 bits per heavy atom. The molecule has 0 saturated carbocycles. The summed E-state index contributed by atoms with van der Waals surface area (Å²) in [6, 6.07) is 5.05. The number of amides is 1. The maximum Gasteiger partial charge on any atom is 0.244 e. The predicted octanol–water partition coefficient (Wildman–Crippen LogP) is 2.83. The Balaban J connectivity index is 2.08. The van der Waals surface area contributed by atoms with E-state index < -0.39 is 0 Å². The van der Waals surface area contributed by atoms with Gasteiger partial charge >= 0.3 is 0 Å². The number of rotatable bonds is 3. The Hall–Kier alpha value is -1.52. The highest BCUT2D eigenvalue weighted by atomic mass is 35.5. The number of nitrogens with zero attached hydrogens (tertiary/aromatic N) is 2. The smallest absolute Gasteiger partial charge is 0.244 e. The van der Waals surface area contributed by atoms with Crippen LogP contribution in [0.25, 0.3) is 0 Å². The molecular formula is C11H9Cl2N3O. The number of para-hydroxylation sites is 1. The highest BCUT2D eigenvalue weighted by Gasteiger charge is 2.09. The van der Waals surface area contributed by atoms with Crippen LogP contribution in [0.2, 0.25) is 10.0 Å². The van der Waals surface area contributed by atoms with Gasteiger partial charge in [0.25, 0.3) is 0 Å². The van der Waals surface area contributed by atoms with E-state index in [9.17, 15) is 4.79 Å². The Morgan fingerprint density at radius 3 is 2.65 bits per heavy atom. The van der Waals surface area contributed by atoms with E-state index in [1.807, 2.05) is 0 Å². The van der Waals surface area contributed by atoms with Crippen LogP contribution in [-0.4, -0.2) is 15.5 Å². The highest BCUT2D eigenvalue weighted by molar-refractivity contribution is 6.39. The van der Waals surface area contributed by atoms with Crippen molar-refractivity contribution in [2.24, 2.45) is 0 Å². The molecule has 0 spiro atoms. The highest BCUT2D eigenvalue weighted by Crippen LogP contribution is 2.29. The summed E-state index contributed by atoms with van der Waals surface area (Å²) in [5.41, 5.74) is 0.431. The number of aromatic nitrogens is 2. The van der Waals surface area contributed by atoms with E-state index in [2.05, 4.69) is 10.3 Å². The molecule has 0 fully saturated rings. The monoisotopic (exact) mass is 269 g/mol. The van der Waals surface area contributed by atoms with Gasteiger partial charge < -0.3 is 9.88 Å². The lowest BCUT2D eigenvalue weighted by Crippen LogP contribution is -2.18. The number of imidazole rings is 1. The molecule has 0 bridgehead atoms. The largest absolute Gasteiger partial charge is 0.328 e. The average molecular weight is 270 g/mol. The van der Waals surface area contributed by atoms with Gasteiger partial charge in [-0.2, -0.15) is 0 Å². The first-order valence-electron chi connectivity index (χ1n) is 4.86. The summed E-state index contributed by atoms with van der Waals surface area (Å²) in [5, 5.41) is 3.49. The van der Waals surface area contributed by atoms with Gasteiger partial charge in [0.1, 0.15) is 6.54 Å². The SMILES string of the molecule is O=C(Cn1ccnc1)Nc1c(Cl)cccc1Cl. The molecule has 1 aromatic carbocycles. The molecular weight excluding hydrogens is 261 g/mol. The van der Waals surface area contributed by atoms with Crippen LogP contribution in [0.4, 0.5) is 5.69 Å². The fraction of sp³-hybridized carbons (Fsp3) is 0.0909. The lowest BCUT2D eigenvalue weighted by Gasteiger charge is -2.09. The Bertz CT molecular complexity index is 505. The van der Waals surface area contributed by atoms with Crippen molar-refractivity contribution in [1.29, 1.82) is 0 Å². The Kier molecular flexibility index (Phi) is 3.66. The number of halogens is 2. The molecule has 0 atom stereocenters. The molecule has 0 radical (unpaired) electrons. The maximum absolute atomic E-state index is 11.7. The zero-order valence-electron chi connectivity index (χ0n) is 8.73. The molecule has 0 aliphatic rings. The second kappa shape index (κ2) is 5.21. The van der Waals surface area contributed by atoms with Crippen LogP contribution in [0.1, 0.15) is 0 Å². The van der Waals surface area contributed by atoms with E-state index in [-0.39, 0.29) is 12.5 Å². The molecule has 0 unspecified atom stereocenters. The third-order valence-corrected chi connectivity index (χ3v) is 2.74. The summed E-state index contributed by atoms with van der Waals surface area (Å²) in [6.07, 6.45) is 4.87.